The fraction of sp³-hybridized carbons (Fsp3) is 0.444. The van der Waals surface area contributed by atoms with Gasteiger partial charge in [-0.1, -0.05) is 73.6 Å². The van der Waals surface area contributed by atoms with Crippen molar-refractivity contribution in [1.29, 1.82) is 0 Å². The first-order valence-electron chi connectivity index (χ1n) is 24.4. The molecular weight excluding hydrogens is 1010 g/mol. The third-order valence-corrected chi connectivity index (χ3v) is 22.7. The van der Waals surface area contributed by atoms with Gasteiger partial charge in [0.15, 0.2) is 52.8 Å². The molecule has 0 radical (unpaired) electrons. The summed E-state index contributed by atoms with van der Waals surface area (Å²) >= 11 is 0. The molecule has 0 spiro atoms. The molecule has 3 aromatic carbocycles. The first kappa shape index (κ1) is 59.3. The molecule has 19 nitrogen and oxygen atoms in total. The largest absolute Gasteiger partial charge is 0.493 e. The number of hydrogen-bond acceptors (Lipinski definition) is 19. The Kier molecular flexibility index (Phi) is 20.3. The van der Waals surface area contributed by atoms with E-state index >= 15 is 0 Å². The van der Waals surface area contributed by atoms with E-state index in [2.05, 4.69) is 0 Å². The molecule has 1 aliphatic heterocycles. The van der Waals surface area contributed by atoms with Gasteiger partial charge < -0.3 is 60.7 Å². The Morgan fingerprint density at radius 2 is 0.773 bits per heavy atom. The minimum absolute atomic E-state index is 0.142. The Balaban J connectivity index is 1.68. The maximum Gasteiger partial charge on any atom is 0.335 e. The molecule has 0 amide bonds. The number of esters is 6. The predicted molar refractivity (Wildman–Crippen MR) is 278 cm³/mol. The van der Waals surface area contributed by atoms with Gasteiger partial charge in [0.05, 0.1) is 21.3 Å². The topological polar surface area (TPSA) is 233 Å². The average molecular weight is 1080 g/mol. The van der Waals surface area contributed by atoms with Crippen LogP contribution in [0.5, 0.6) is 34.5 Å². The van der Waals surface area contributed by atoms with Gasteiger partial charge in [0.25, 0.3) is 0 Å². The van der Waals surface area contributed by atoms with Crippen LogP contribution in [0.2, 0.25) is 22.2 Å². The molecule has 5 rings (SSSR count). The van der Waals surface area contributed by atoms with E-state index in [9.17, 15) is 33.9 Å². The number of fused-ring (bicyclic) bond motifs is 1. The van der Waals surface area contributed by atoms with E-state index in [0.29, 0.717) is 16.7 Å². The summed E-state index contributed by atoms with van der Waals surface area (Å²) in [5.74, 6) is -3.66. The fourth-order valence-electron chi connectivity index (χ4n) is 8.98. The standard InChI is InChI=1S/C54H68O19Si2/c1-30(2)74(31(3)4)71-51-49(61)50(68-46(58)24-18-37-15-21-40(65-34(9)55)43(27-37)62-12)52(69-47(59)25-19-38-16-22-41(66-35(10)56)44(28-38)63-13)53(54(51)72-75(73-74,32(5)6)33(7)8)70-48(60)26-20-39-17-23-42(67-36(11)57)45(29-39)64-14/h15-33,49-54,61H,1-14H3/b24-18+,25-19+,26-20+/t49-,50+,51-,52-,53+,54+/m0/s1. The maximum atomic E-state index is 14.4. The summed E-state index contributed by atoms with van der Waals surface area (Å²) in [6.45, 7) is 19.5. The molecule has 2 aliphatic rings. The zero-order chi connectivity index (χ0) is 55.5. The number of rotatable bonds is 19. The van der Waals surface area contributed by atoms with E-state index in [4.69, 9.17) is 55.6 Å². The summed E-state index contributed by atoms with van der Waals surface area (Å²) in [6, 6.07) is 13.7. The highest BCUT2D eigenvalue weighted by Crippen LogP contribution is 2.50. The number of aliphatic hydroxyl groups excluding tert-OH is 1. The molecule has 75 heavy (non-hydrogen) atoms. The van der Waals surface area contributed by atoms with Crippen LogP contribution in [0.1, 0.15) is 92.9 Å². The molecular formula is C54H68O19Si2. The normalized spacial score (nSPS) is 21.2. The summed E-state index contributed by atoms with van der Waals surface area (Å²) in [4.78, 5) is 77.8. The van der Waals surface area contributed by atoms with Crippen molar-refractivity contribution in [3.05, 3.63) is 89.5 Å². The van der Waals surface area contributed by atoms with Gasteiger partial charge in [0.2, 0.25) is 0 Å². The van der Waals surface area contributed by atoms with E-state index in [1.165, 1.54) is 96.7 Å². The number of hydrogen-bond donors (Lipinski definition) is 1. The molecule has 1 aliphatic carbocycles. The van der Waals surface area contributed by atoms with Crippen LogP contribution in [-0.4, -0.2) is 116 Å². The fourth-order valence-corrected chi connectivity index (χ4v) is 20.3. The van der Waals surface area contributed by atoms with Crippen LogP contribution in [0.4, 0.5) is 0 Å². The van der Waals surface area contributed by atoms with E-state index in [0.717, 1.165) is 18.2 Å². The van der Waals surface area contributed by atoms with Crippen molar-refractivity contribution in [1.82, 2.24) is 0 Å². The molecule has 0 aromatic heterocycles. The Hall–Kier alpha value is -6.63. The van der Waals surface area contributed by atoms with Crippen LogP contribution < -0.4 is 28.4 Å². The van der Waals surface area contributed by atoms with Gasteiger partial charge in [-0.25, -0.2) is 14.4 Å². The molecule has 1 saturated carbocycles. The van der Waals surface area contributed by atoms with Crippen LogP contribution in [0, 0.1) is 0 Å². The highest BCUT2D eigenvalue weighted by molar-refractivity contribution is 6.84. The Labute approximate surface area is 439 Å². The SMILES string of the molecule is COc1cc(/C=C/C(=O)O[C@@H]2[C@@H](OC(=O)/C=C/c3ccc(OC(C)=O)c(OC)c3)[C@H](OC(=O)/C=C/c3ccc(OC(C)=O)c(OC)c3)[C@H](O)[C@@H]3O[Si](C(C)C)(C(C)C)O[Si](C(C)C)(C(C)C)O[C@@H]23)ccc1OC(C)=O. The Bertz CT molecular complexity index is 2640. The van der Waals surface area contributed by atoms with E-state index in [-0.39, 0.29) is 56.7 Å². The molecule has 406 valence electrons. The Morgan fingerprint density at radius 1 is 0.467 bits per heavy atom. The zero-order valence-corrected chi connectivity index (χ0v) is 46.7. The van der Waals surface area contributed by atoms with Crippen molar-refractivity contribution in [2.24, 2.45) is 0 Å². The van der Waals surface area contributed by atoms with Crippen molar-refractivity contribution in [3.63, 3.8) is 0 Å². The van der Waals surface area contributed by atoms with Gasteiger partial charge in [-0.3, -0.25) is 14.4 Å². The predicted octanol–water partition coefficient (Wildman–Crippen LogP) is 8.36. The molecule has 1 heterocycles. The average Bonchev–Trinajstić information content (AvgIpc) is 3.52. The minimum Gasteiger partial charge on any atom is -0.493 e. The van der Waals surface area contributed by atoms with E-state index in [1.807, 2.05) is 55.4 Å². The lowest BCUT2D eigenvalue weighted by Gasteiger charge is -2.48. The first-order valence-corrected chi connectivity index (χ1v) is 28.3. The number of methoxy groups -OCH3 is 3. The molecule has 1 N–H and O–H groups in total. The third kappa shape index (κ3) is 14.4. The lowest BCUT2D eigenvalue weighted by Crippen LogP contribution is -2.69. The smallest absolute Gasteiger partial charge is 0.335 e. The first-order chi connectivity index (χ1) is 35.4. The number of ether oxygens (including phenoxy) is 9. The minimum atomic E-state index is -3.54. The van der Waals surface area contributed by atoms with Gasteiger partial charge in [-0.15, -0.1) is 0 Å². The monoisotopic (exact) mass is 1080 g/mol. The van der Waals surface area contributed by atoms with Gasteiger partial charge in [-0.2, -0.15) is 0 Å². The van der Waals surface area contributed by atoms with Crippen LogP contribution in [-0.2, 0) is 55.9 Å². The second-order valence-corrected chi connectivity index (χ2v) is 27.8. The molecule has 1 saturated heterocycles. The number of benzene rings is 3. The summed E-state index contributed by atoms with van der Waals surface area (Å²) < 4.78 is 72.4. The summed E-state index contributed by atoms with van der Waals surface area (Å²) in [7, 11) is -2.90. The molecule has 3 aromatic rings. The van der Waals surface area contributed by atoms with Crippen molar-refractivity contribution in [2.75, 3.05) is 21.3 Å². The number of carbonyl (C=O) groups is 6. The van der Waals surface area contributed by atoms with Crippen molar-refractivity contribution in [2.45, 2.75) is 135 Å². The lowest BCUT2D eigenvalue weighted by atomic mass is 9.84. The second-order valence-electron chi connectivity index (χ2n) is 19.0. The van der Waals surface area contributed by atoms with Crippen molar-refractivity contribution >= 4 is 71.2 Å². The van der Waals surface area contributed by atoms with Gasteiger partial charge >= 0.3 is 52.9 Å². The molecule has 6 atom stereocenters. The van der Waals surface area contributed by atoms with Crippen LogP contribution in [0.25, 0.3) is 18.2 Å². The van der Waals surface area contributed by atoms with E-state index in [1.54, 1.807) is 18.2 Å². The van der Waals surface area contributed by atoms with Crippen LogP contribution in [0.3, 0.4) is 0 Å². The molecule has 2 fully saturated rings. The number of aliphatic hydroxyl groups is 1. The Morgan fingerprint density at radius 3 is 1.08 bits per heavy atom. The number of carbonyl (C=O) groups excluding carboxylic acids is 6. The van der Waals surface area contributed by atoms with Gasteiger partial charge in [-0.05, 0) is 93.5 Å². The second kappa shape index (κ2) is 25.7. The van der Waals surface area contributed by atoms with Crippen LogP contribution in [0.15, 0.2) is 72.8 Å². The van der Waals surface area contributed by atoms with Gasteiger partial charge in [0.1, 0.15) is 18.3 Å². The van der Waals surface area contributed by atoms with Gasteiger partial charge in [0, 0.05) is 39.0 Å². The molecule has 0 unspecified atom stereocenters. The summed E-state index contributed by atoms with van der Waals surface area (Å²) in [5.41, 5.74) is 0.373. The zero-order valence-electron chi connectivity index (χ0n) is 44.7. The maximum absolute atomic E-state index is 14.4. The lowest BCUT2D eigenvalue weighted by molar-refractivity contribution is -0.237. The molecule has 0 bridgehead atoms. The summed E-state index contributed by atoms with van der Waals surface area (Å²) in [6.07, 6.45) is -2.31. The highest BCUT2D eigenvalue weighted by Gasteiger charge is 2.67. The third-order valence-electron chi connectivity index (χ3n) is 12.5. The highest BCUT2D eigenvalue weighted by atomic mass is 28.5. The van der Waals surface area contributed by atoms with E-state index < -0.39 is 89.6 Å². The quantitative estimate of drug-likeness (QED) is 0.0390. The van der Waals surface area contributed by atoms with Crippen LogP contribution >= 0.6 is 0 Å². The van der Waals surface area contributed by atoms with Crippen molar-refractivity contribution in [3.8, 4) is 34.5 Å². The summed E-state index contributed by atoms with van der Waals surface area (Å²) in [5, 5.41) is 12.8. The molecule has 21 heteroatoms. The van der Waals surface area contributed by atoms with Crippen molar-refractivity contribution < 1.29 is 89.5 Å².